The first-order valence-electron chi connectivity index (χ1n) is 5.35. The van der Waals surface area contributed by atoms with Gasteiger partial charge in [-0.05, 0) is 38.0 Å². The second-order valence-electron chi connectivity index (χ2n) is 4.78. The van der Waals surface area contributed by atoms with E-state index in [9.17, 15) is 13.5 Å². The van der Waals surface area contributed by atoms with Crippen molar-refractivity contribution in [2.24, 2.45) is 0 Å². The van der Waals surface area contributed by atoms with Gasteiger partial charge >= 0.3 is 0 Å². The van der Waals surface area contributed by atoms with Crippen molar-refractivity contribution in [3.8, 4) is 0 Å². The van der Waals surface area contributed by atoms with Crippen LogP contribution >= 0.6 is 15.9 Å². The van der Waals surface area contributed by atoms with Crippen LogP contribution in [0.2, 0.25) is 0 Å². The lowest BCUT2D eigenvalue weighted by Crippen LogP contribution is -2.23. The van der Waals surface area contributed by atoms with Gasteiger partial charge in [-0.3, -0.25) is 0 Å². The number of halogens is 1. The lowest BCUT2D eigenvalue weighted by molar-refractivity contribution is 0.0772. The van der Waals surface area contributed by atoms with Crippen molar-refractivity contribution in [2.75, 3.05) is 5.75 Å². The molecule has 0 aliphatic rings. The fourth-order valence-electron chi connectivity index (χ4n) is 1.36. The van der Waals surface area contributed by atoms with E-state index >= 15 is 0 Å². The number of hydrogen-bond donors (Lipinski definition) is 1. The highest BCUT2D eigenvalue weighted by molar-refractivity contribution is 9.10. The standard InChI is InChI=1S/C12H17BrO3S/c1-12(2,14)6-7-17(15,16)9-10-4-3-5-11(13)8-10/h3-5,8,14H,6-7,9H2,1-2H3. The lowest BCUT2D eigenvalue weighted by Gasteiger charge is -2.16. The van der Waals surface area contributed by atoms with E-state index in [1.165, 1.54) is 0 Å². The first-order chi connectivity index (χ1) is 7.68. The average Bonchev–Trinajstić information content (AvgIpc) is 2.13. The summed E-state index contributed by atoms with van der Waals surface area (Å²) in [4.78, 5) is 0. The summed E-state index contributed by atoms with van der Waals surface area (Å²) in [6, 6.07) is 7.24. The average molecular weight is 321 g/mol. The Morgan fingerprint density at radius 1 is 1.35 bits per heavy atom. The van der Waals surface area contributed by atoms with Gasteiger partial charge < -0.3 is 5.11 Å². The third kappa shape index (κ3) is 6.19. The Labute approximate surface area is 111 Å². The Kier molecular flexibility index (Phi) is 4.75. The molecule has 0 heterocycles. The van der Waals surface area contributed by atoms with Gasteiger partial charge in [-0.1, -0.05) is 28.1 Å². The summed E-state index contributed by atoms with van der Waals surface area (Å²) in [5.41, 5.74) is -0.181. The zero-order valence-electron chi connectivity index (χ0n) is 9.98. The fraction of sp³-hybridized carbons (Fsp3) is 0.500. The molecule has 0 aliphatic heterocycles. The highest BCUT2D eigenvalue weighted by Crippen LogP contribution is 2.16. The van der Waals surface area contributed by atoms with Crippen molar-refractivity contribution in [3.05, 3.63) is 34.3 Å². The van der Waals surface area contributed by atoms with Crippen molar-refractivity contribution < 1.29 is 13.5 Å². The minimum atomic E-state index is -3.17. The molecule has 0 amide bonds. The molecule has 0 fully saturated rings. The normalized spacial score (nSPS) is 12.7. The highest BCUT2D eigenvalue weighted by atomic mass is 79.9. The van der Waals surface area contributed by atoms with Crippen LogP contribution < -0.4 is 0 Å². The van der Waals surface area contributed by atoms with E-state index in [0.29, 0.717) is 0 Å². The van der Waals surface area contributed by atoms with Gasteiger partial charge in [0.2, 0.25) is 0 Å². The topological polar surface area (TPSA) is 54.4 Å². The molecule has 0 aromatic heterocycles. The first kappa shape index (κ1) is 14.7. The second-order valence-corrected chi connectivity index (χ2v) is 7.88. The molecule has 3 nitrogen and oxygen atoms in total. The number of hydrogen-bond acceptors (Lipinski definition) is 3. The van der Waals surface area contributed by atoms with Crippen molar-refractivity contribution >= 4 is 25.8 Å². The van der Waals surface area contributed by atoms with E-state index in [1.54, 1.807) is 26.0 Å². The molecule has 0 saturated carbocycles. The lowest BCUT2D eigenvalue weighted by atomic mass is 10.1. The second kappa shape index (κ2) is 5.50. The maximum Gasteiger partial charge on any atom is 0.154 e. The summed E-state index contributed by atoms with van der Waals surface area (Å²) in [6.45, 7) is 3.23. The van der Waals surface area contributed by atoms with Crippen LogP contribution in [0.25, 0.3) is 0 Å². The molecule has 17 heavy (non-hydrogen) atoms. The third-order valence-electron chi connectivity index (χ3n) is 2.30. The van der Waals surface area contributed by atoms with E-state index in [2.05, 4.69) is 15.9 Å². The minimum Gasteiger partial charge on any atom is -0.390 e. The molecule has 0 spiro atoms. The molecule has 0 aliphatic carbocycles. The molecule has 1 aromatic rings. The maximum atomic E-state index is 11.8. The van der Waals surface area contributed by atoms with Crippen molar-refractivity contribution in [2.45, 2.75) is 31.6 Å². The predicted octanol–water partition coefficient (Wildman–Crippen LogP) is 2.52. The molecule has 1 rings (SSSR count). The van der Waals surface area contributed by atoms with Crippen molar-refractivity contribution in [1.82, 2.24) is 0 Å². The SMILES string of the molecule is CC(C)(O)CCS(=O)(=O)Cc1cccc(Br)c1. The maximum absolute atomic E-state index is 11.8. The Bertz CT molecular complexity index is 475. The number of sulfone groups is 1. The molecule has 0 radical (unpaired) electrons. The molecule has 96 valence electrons. The number of rotatable bonds is 5. The van der Waals surface area contributed by atoms with Gasteiger partial charge in [-0.25, -0.2) is 8.42 Å². The Morgan fingerprint density at radius 3 is 2.53 bits per heavy atom. The predicted molar refractivity (Wildman–Crippen MR) is 72.5 cm³/mol. The van der Waals surface area contributed by atoms with Gasteiger partial charge in [0.15, 0.2) is 9.84 Å². The van der Waals surface area contributed by atoms with E-state index in [0.717, 1.165) is 10.0 Å². The molecule has 5 heteroatoms. The van der Waals surface area contributed by atoms with Gasteiger partial charge in [0.25, 0.3) is 0 Å². The van der Waals surface area contributed by atoms with Crippen LogP contribution in [0.3, 0.4) is 0 Å². The molecular weight excluding hydrogens is 304 g/mol. The van der Waals surface area contributed by atoms with E-state index in [1.807, 2.05) is 12.1 Å². The summed E-state index contributed by atoms with van der Waals surface area (Å²) in [7, 11) is -3.17. The van der Waals surface area contributed by atoms with Crippen LogP contribution in [0.15, 0.2) is 28.7 Å². The van der Waals surface area contributed by atoms with Crippen LogP contribution in [0, 0.1) is 0 Å². The molecule has 1 N–H and O–H groups in total. The van der Waals surface area contributed by atoms with Gasteiger partial charge in [-0.2, -0.15) is 0 Å². The van der Waals surface area contributed by atoms with Gasteiger partial charge in [0.1, 0.15) is 0 Å². The Hall–Kier alpha value is -0.390. The minimum absolute atomic E-state index is 0.00299. The number of aliphatic hydroxyl groups is 1. The first-order valence-corrected chi connectivity index (χ1v) is 7.97. The molecular formula is C12H17BrO3S. The van der Waals surface area contributed by atoms with Gasteiger partial charge in [0.05, 0.1) is 17.1 Å². The van der Waals surface area contributed by atoms with Crippen LogP contribution in [-0.4, -0.2) is 24.9 Å². The van der Waals surface area contributed by atoms with E-state index in [-0.39, 0.29) is 17.9 Å². The van der Waals surface area contributed by atoms with Crippen LogP contribution in [-0.2, 0) is 15.6 Å². The van der Waals surface area contributed by atoms with Crippen molar-refractivity contribution in [3.63, 3.8) is 0 Å². The zero-order chi connectivity index (χ0) is 13.1. The Balaban J connectivity index is 2.67. The van der Waals surface area contributed by atoms with Crippen LogP contribution in [0.1, 0.15) is 25.8 Å². The smallest absolute Gasteiger partial charge is 0.154 e. The molecule has 0 atom stereocenters. The molecule has 0 saturated heterocycles. The quantitative estimate of drug-likeness (QED) is 0.907. The van der Waals surface area contributed by atoms with Crippen LogP contribution in [0.5, 0.6) is 0 Å². The van der Waals surface area contributed by atoms with Gasteiger partial charge in [0, 0.05) is 4.47 Å². The largest absolute Gasteiger partial charge is 0.390 e. The van der Waals surface area contributed by atoms with E-state index in [4.69, 9.17) is 0 Å². The fourth-order valence-corrected chi connectivity index (χ4v) is 3.45. The Morgan fingerprint density at radius 2 is 2.00 bits per heavy atom. The summed E-state index contributed by atoms with van der Waals surface area (Å²) in [6.07, 6.45) is 0.253. The van der Waals surface area contributed by atoms with Crippen LogP contribution in [0.4, 0.5) is 0 Å². The number of benzene rings is 1. The van der Waals surface area contributed by atoms with Crippen molar-refractivity contribution in [1.29, 1.82) is 0 Å². The molecule has 0 unspecified atom stereocenters. The molecule has 0 bridgehead atoms. The summed E-state index contributed by atoms with van der Waals surface area (Å²) < 4.78 is 24.5. The summed E-state index contributed by atoms with van der Waals surface area (Å²) in [5, 5.41) is 9.52. The van der Waals surface area contributed by atoms with Gasteiger partial charge in [-0.15, -0.1) is 0 Å². The monoisotopic (exact) mass is 320 g/mol. The highest BCUT2D eigenvalue weighted by Gasteiger charge is 2.19. The third-order valence-corrected chi connectivity index (χ3v) is 4.39. The summed E-state index contributed by atoms with van der Waals surface area (Å²) in [5.74, 6) is 0.0194. The van der Waals surface area contributed by atoms with E-state index < -0.39 is 15.4 Å². The summed E-state index contributed by atoms with van der Waals surface area (Å²) >= 11 is 3.31. The zero-order valence-corrected chi connectivity index (χ0v) is 12.4. The molecule has 1 aromatic carbocycles.